The van der Waals surface area contributed by atoms with Crippen LogP contribution in [0.3, 0.4) is 0 Å². The van der Waals surface area contributed by atoms with Gasteiger partial charge in [-0.1, -0.05) is 18.5 Å². The molecule has 1 aromatic carbocycles. The van der Waals surface area contributed by atoms with E-state index in [0.29, 0.717) is 11.6 Å². The van der Waals surface area contributed by atoms with Crippen LogP contribution in [-0.4, -0.2) is 25.4 Å². The van der Waals surface area contributed by atoms with Crippen LogP contribution in [0.25, 0.3) is 0 Å². The molecule has 0 heterocycles. The Bertz CT molecular complexity index is 353. The zero-order valence-corrected chi connectivity index (χ0v) is 11.1. The molecule has 1 aromatic rings. The fourth-order valence-electron chi connectivity index (χ4n) is 1.96. The number of rotatable bonds is 6. The van der Waals surface area contributed by atoms with Gasteiger partial charge in [-0.05, 0) is 48.6 Å². The summed E-state index contributed by atoms with van der Waals surface area (Å²) in [5, 5.41) is 9.86. The Hall–Kier alpha value is -0.770. The number of ether oxygens (including phenoxy) is 1. The molecule has 0 fully saturated rings. The fraction of sp³-hybridized carbons (Fsp3) is 0.538. The van der Waals surface area contributed by atoms with Crippen LogP contribution < -0.4 is 10.5 Å². The van der Waals surface area contributed by atoms with Gasteiger partial charge in [-0.15, -0.1) is 0 Å². The molecule has 0 aliphatic heterocycles. The number of halogens is 1. The number of hydrogen-bond donors (Lipinski definition) is 2. The van der Waals surface area contributed by atoms with Gasteiger partial charge in [0.1, 0.15) is 5.75 Å². The molecule has 17 heavy (non-hydrogen) atoms. The van der Waals surface area contributed by atoms with Gasteiger partial charge >= 0.3 is 0 Å². The summed E-state index contributed by atoms with van der Waals surface area (Å²) in [4.78, 5) is 0. The summed E-state index contributed by atoms with van der Waals surface area (Å²) >= 11 is 5.99. The summed E-state index contributed by atoms with van der Waals surface area (Å²) in [6, 6.07) is 5.59. The van der Waals surface area contributed by atoms with Crippen molar-refractivity contribution in [2.24, 2.45) is 11.7 Å². The van der Waals surface area contributed by atoms with E-state index in [-0.39, 0.29) is 18.4 Å². The highest BCUT2D eigenvalue weighted by Gasteiger charge is 2.16. The smallest absolute Gasteiger partial charge is 0.122 e. The molecule has 0 aromatic heterocycles. The summed E-state index contributed by atoms with van der Waals surface area (Å²) in [7, 11) is 1.64. The Kier molecular flexibility index (Phi) is 5.75. The summed E-state index contributed by atoms with van der Waals surface area (Å²) in [5.74, 6) is 1.20. The SMILES string of the molecule is COc1ccc(Cl)cc1C(C)CC(CN)CO. The number of aliphatic hydroxyl groups excluding tert-OH is 1. The minimum atomic E-state index is 0.115. The van der Waals surface area contributed by atoms with Crippen LogP contribution >= 0.6 is 11.6 Å². The van der Waals surface area contributed by atoms with E-state index in [1.165, 1.54) is 0 Å². The van der Waals surface area contributed by atoms with Crippen molar-refractivity contribution in [2.45, 2.75) is 19.3 Å². The second kappa shape index (κ2) is 6.84. The molecule has 0 spiro atoms. The predicted molar refractivity (Wildman–Crippen MR) is 70.7 cm³/mol. The van der Waals surface area contributed by atoms with E-state index in [2.05, 4.69) is 6.92 Å². The Morgan fingerprint density at radius 1 is 1.47 bits per heavy atom. The van der Waals surface area contributed by atoms with Crippen molar-refractivity contribution in [1.82, 2.24) is 0 Å². The molecule has 3 nitrogen and oxygen atoms in total. The second-order valence-corrected chi connectivity index (χ2v) is 4.74. The number of benzene rings is 1. The molecule has 0 aliphatic rings. The van der Waals surface area contributed by atoms with E-state index >= 15 is 0 Å². The molecule has 0 radical (unpaired) electrons. The Labute approximate surface area is 108 Å². The third-order valence-corrected chi connectivity index (χ3v) is 3.24. The van der Waals surface area contributed by atoms with Crippen molar-refractivity contribution in [2.75, 3.05) is 20.3 Å². The molecule has 96 valence electrons. The van der Waals surface area contributed by atoms with E-state index < -0.39 is 0 Å². The Balaban J connectivity index is 2.86. The molecule has 0 amide bonds. The third kappa shape index (κ3) is 3.87. The van der Waals surface area contributed by atoms with E-state index in [4.69, 9.17) is 27.2 Å². The minimum absolute atomic E-state index is 0.115. The Morgan fingerprint density at radius 2 is 2.18 bits per heavy atom. The van der Waals surface area contributed by atoms with Crippen molar-refractivity contribution in [3.8, 4) is 5.75 Å². The summed E-state index contributed by atoms with van der Waals surface area (Å²) in [5.41, 5.74) is 6.65. The normalized spacial score (nSPS) is 14.4. The first-order chi connectivity index (χ1) is 8.12. The van der Waals surface area contributed by atoms with E-state index in [0.717, 1.165) is 17.7 Å². The lowest BCUT2D eigenvalue weighted by Crippen LogP contribution is -2.20. The quantitative estimate of drug-likeness (QED) is 0.823. The highest BCUT2D eigenvalue weighted by atomic mass is 35.5. The monoisotopic (exact) mass is 257 g/mol. The molecule has 0 saturated carbocycles. The van der Waals surface area contributed by atoms with Crippen molar-refractivity contribution in [3.63, 3.8) is 0 Å². The van der Waals surface area contributed by atoms with Gasteiger partial charge in [0.2, 0.25) is 0 Å². The van der Waals surface area contributed by atoms with Crippen LogP contribution in [0.5, 0.6) is 5.75 Å². The number of aliphatic hydroxyl groups is 1. The zero-order valence-electron chi connectivity index (χ0n) is 10.3. The first-order valence-corrected chi connectivity index (χ1v) is 6.14. The van der Waals surface area contributed by atoms with Crippen LogP contribution in [0.4, 0.5) is 0 Å². The molecule has 3 N–H and O–H groups in total. The van der Waals surface area contributed by atoms with Crippen molar-refractivity contribution >= 4 is 11.6 Å². The van der Waals surface area contributed by atoms with Crippen LogP contribution in [-0.2, 0) is 0 Å². The maximum Gasteiger partial charge on any atom is 0.122 e. The average Bonchev–Trinajstić information content (AvgIpc) is 2.35. The van der Waals surface area contributed by atoms with Gasteiger partial charge in [0.15, 0.2) is 0 Å². The van der Waals surface area contributed by atoms with Crippen molar-refractivity contribution in [1.29, 1.82) is 0 Å². The molecule has 2 unspecified atom stereocenters. The summed E-state index contributed by atoms with van der Waals surface area (Å²) in [6.45, 7) is 2.69. The maximum absolute atomic E-state index is 9.17. The molecular weight excluding hydrogens is 238 g/mol. The number of hydrogen-bond acceptors (Lipinski definition) is 3. The van der Waals surface area contributed by atoms with Crippen LogP contribution in [0.2, 0.25) is 5.02 Å². The summed E-state index contributed by atoms with van der Waals surface area (Å²) in [6.07, 6.45) is 0.823. The molecule has 0 aliphatic carbocycles. The fourth-order valence-corrected chi connectivity index (χ4v) is 2.14. The van der Waals surface area contributed by atoms with Crippen LogP contribution in [0.1, 0.15) is 24.8 Å². The zero-order chi connectivity index (χ0) is 12.8. The third-order valence-electron chi connectivity index (χ3n) is 3.00. The Morgan fingerprint density at radius 3 is 2.71 bits per heavy atom. The molecular formula is C13H20ClNO2. The molecule has 0 bridgehead atoms. The maximum atomic E-state index is 9.17. The van der Waals surface area contributed by atoms with Gasteiger partial charge in [0, 0.05) is 11.6 Å². The first-order valence-electron chi connectivity index (χ1n) is 5.76. The number of nitrogens with two attached hydrogens (primary N) is 1. The minimum Gasteiger partial charge on any atom is -0.496 e. The van der Waals surface area contributed by atoms with Gasteiger partial charge in [0.25, 0.3) is 0 Å². The van der Waals surface area contributed by atoms with Crippen molar-refractivity contribution in [3.05, 3.63) is 28.8 Å². The number of methoxy groups -OCH3 is 1. The largest absolute Gasteiger partial charge is 0.496 e. The van der Waals surface area contributed by atoms with E-state index in [9.17, 15) is 0 Å². The van der Waals surface area contributed by atoms with Crippen LogP contribution in [0.15, 0.2) is 18.2 Å². The van der Waals surface area contributed by atoms with Gasteiger partial charge in [-0.3, -0.25) is 0 Å². The molecule has 4 heteroatoms. The van der Waals surface area contributed by atoms with Crippen molar-refractivity contribution < 1.29 is 9.84 Å². The summed E-state index contributed by atoms with van der Waals surface area (Å²) < 4.78 is 5.32. The highest BCUT2D eigenvalue weighted by molar-refractivity contribution is 6.30. The lowest BCUT2D eigenvalue weighted by atomic mass is 9.90. The van der Waals surface area contributed by atoms with Gasteiger partial charge in [-0.2, -0.15) is 0 Å². The van der Waals surface area contributed by atoms with Gasteiger partial charge < -0.3 is 15.6 Å². The van der Waals surface area contributed by atoms with Gasteiger partial charge in [-0.25, -0.2) is 0 Å². The molecule has 1 rings (SSSR count). The standard InChI is InChI=1S/C13H20ClNO2/c1-9(5-10(7-15)8-16)12-6-11(14)3-4-13(12)17-2/h3-4,6,9-10,16H,5,7-8,15H2,1-2H3. The van der Waals surface area contributed by atoms with E-state index in [1.807, 2.05) is 18.2 Å². The highest BCUT2D eigenvalue weighted by Crippen LogP contribution is 2.32. The second-order valence-electron chi connectivity index (χ2n) is 4.31. The first kappa shape index (κ1) is 14.3. The average molecular weight is 258 g/mol. The van der Waals surface area contributed by atoms with Crippen LogP contribution in [0, 0.1) is 5.92 Å². The van der Waals surface area contributed by atoms with E-state index in [1.54, 1.807) is 7.11 Å². The van der Waals surface area contributed by atoms with Gasteiger partial charge in [0.05, 0.1) is 7.11 Å². The molecule has 2 atom stereocenters. The topological polar surface area (TPSA) is 55.5 Å². The lowest BCUT2D eigenvalue weighted by molar-refractivity contribution is 0.216. The predicted octanol–water partition coefficient (Wildman–Crippen LogP) is 2.41. The molecule has 0 saturated heterocycles. The lowest BCUT2D eigenvalue weighted by Gasteiger charge is -2.20.